The van der Waals surface area contributed by atoms with Crippen LogP contribution in [0.2, 0.25) is 0 Å². The van der Waals surface area contributed by atoms with Crippen molar-refractivity contribution in [3.63, 3.8) is 0 Å². The highest BCUT2D eigenvalue weighted by Crippen LogP contribution is 2.43. The molecule has 3 aliphatic rings. The van der Waals surface area contributed by atoms with Gasteiger partial charge in [0.15, 0.2) is 11.5 Å². The maximum atomic E-state index is 5.94. The fourth-order valence-corrected chi connectivity index (χ4v) is 4.15. The molecule has 1 aromatic carbocycles. The molecule has 2 saturated heterocycles. The fourth-order valence-electron chi connectivity index (χ4n) is 4.15. The van der Waals surface area contributed by atoms with Crippen molar-refractivity contribution < 1.29 is 9.47 Å². The predicted molar refractivity (Wildman–Crippen MR) is 86.6 cm³/mol. The summed E-state index contributed by atoms with van der Waals surface area (Å²) in [5.74, 6) is 2.77. The first-order chi connectivity index (χ1) is 10.9. The molecule has 120 valence electrons. The third-order valence-electron chi connectivity index (χ3n) is 5.27. The van der Waals surface area contributed by atoms with Gasteiger partial charge in [0.05, 0.1) is 0 Å². The number of rotatable bonds is 3. The molecule has 0 aliphatic carbocycles. The van der Waals surface area contributed by atoms with Crippen LogP contribution in [0.25, 0.3) is 0 Å². The van der Waals surface area contributed by atoms with Gasteiger partial charge in [-0.1, -0.05) is 12.1 Å². The number of nitrogens with zero attached hydrogens (tertiary/aromatic N) is 1. The number of nitrogens with one attached hydrogen (secondary N) is 1. The number of fused-ring (bicyclic) bond motifs is 1. The molecule has 4 nitrogen and oxygen atoms in total. The topological polar surface area (TPSA) is 33.7 Å². The normalized spacial score (nSPS) is 26.3. The van der Waals surface area contributed by atoms with Crippen LogP contribution < -0.4 is 14.8 Å². The minimum absolute atomic E-state index is 0.506. The molecule has 1 aromatic rings. The van der Waals surface area contributed by atoms with Crippen LogP contribution in [0.1, 0.15) is 37.3 Å². The summed E-state index contributed by atoms with van der Waals surface area (Å²) in [4.78, 5) is 2.68. The van der Waals surface area contributed by atoms with Gasteiger partial charge in [-0.2, -0.15) is 0 Å². The average molecular weight is 302 g/mol. The van der Waals surface area contributed by atoms with Gasteiger partial charge in [0.1, 0.15) is 13.2 Å². The molecule has 3 heterocycles. The van der Waals surface area contributed by atoms with Crippen LogP contribution >= 0.6 is 0 Å². The van der Waals surface area contributed by atoms with Crippen LogP contribution in [0.15, 0.2) is 18.2 Å². The van der Waals surface area contributed by atoms with E-state index < -0.39 is 0 Å². The number of likely N-dealkylation sites (tertiary alicyclic amines) is 1. The Morgan fingerprint density at radius 3 is 2.86 bits per heavy atom. The lowest BCUT2D eigenvalue weighted by Gasteiger charge is -2.32. The van der Waals surface area contributed by atoms with E-state index in [4.69, 9.17) is 9.47 Å². The highest BCUT2D eigenvalue weighted by Gasteiger charge is 2.32. The summed E-state index contributed by atoms with van der Waals surface area (Å²) < 4.78 is 11.7. The first-order valence-corrected chi connectivity index (χ1v) is 8.75. The molecule has 1 atom stereocenters. The maximum absolute atomic E-state index is 5.94. The monoisotopic (exact) mass is 302 g/mol. The van der Waals surface area contributed by atoms with E-state index in [-0.39, 0.29) is 0 Å². The number of para-hydroxylation sites is 1. The Balaban J connectivity index is 1.53. The van der Waals surface area contributed by atoms with Crippen molar-refractivity contribution in [2.24, 2.45) is 5.92 Å². The molecule has 22 heavy (non-hydrogen) atoms. The van der Waals surface area contributed by atoms with Gasteiger partial charge in [0.2, 0.25) is 0 Å². The van der Waals surface area contributed by atoms with E-state index in [0.29, 0.717) is 19.3 Å². The number of hydrogen-bond acceptors (Lipinski definition) is 4. The zero-order chi connectivity index (χ0) is 14.8. The zero-order valence-electron chi connectivity index (χ0n) is 13.2. The lowest BCUT2D eigenvalue weighted by Crippen LogP contribution is -2.36. The molecule has 1 unspecified atom stereocenters. The van der Waals surface area contributed by atoms with Crippen molar-refractivity contribution in [3.8, 4) is 11.5 Å². The molecular formula is C18H26N2O2. The third kappa shape index (κ3) is 2.82. The van der Waals surface area contributed by atoms with Crippen LogP contribution in [-0.2, 0) is 0 Å². The Morgan fingerprint density at radius 2 is 1.95 bits per heavy atom. The van der Waals surface area contributed by atoms with Gasteiger partial charge in [-0.15, -0.1) is 0 Å². The lowest BCUT2D eigenvalue weighted by atomic mass is 9.96. The standard InChI is InChI=1S/C18H26N2O2/c1-3-15(18-17(5-1)21-11-12-22-18)16-4-2-10-20(16)13-14-6-8-19-9-7-14/h1,3,5,14,16,19H,2,4,6-13H2. The summed E-state index contributed by atoms with van der Waals surface area (Å²) in [5.41, 5.74) is 1.34. The molecule has 4 heteroatoms. The maximum Gasteiger partial charge on any atom is 0.166 e. The Morgan fingerprint density at radius 1 is 1.09 bits per heavy atom. The summed E-state index contributed by atoms with van der Waals surface area (Å²) in [5, 5.41) is 3.47. The van der Waals surface area contributed by atoms with E-state index >= 15 is 0 Å². The third-order valence-corrected chi connectivity index (χ3v) is 5.27. The van der Waals surface area contributed by atoms with Crippen LogP contribution in [0.4, 0.5) is 0 Å². The molecule has 0 amide bonds. The summed E-state index contributed by atoms with van der Waals surface area (Å²) in [7, 11) is 0. The molecule has 3 aliphatic heterocycles. The van der Waals surface area contributed by atoms with Crippen LogP contribution in [0.5, 0.6) is 11.5 Å². The van der Waals surface area contributed by atoms with E-state index in [9.17, 15) is 0 Å². The van der Waals surface area contributed by atoms with Crippen LogP contribution in [-0.4, -0.2) is 44.3 Å². The molecule has 1 N–H and O–H groups in total. The van der Waals surface area contributed by atoms with Crippen LogP contribution in [0.3, 0.4) is 0 Å². The van der Waals surface area contributed by atoms with Crippen LogP contribution in [0, 0.1) is 5.92 Å². The molecule has 4 rings (SSSR count). The van der Waals surface area contributed by atoms with Crippen molar-refractivity contribution in [1.29, 1.82) is 0 Å². The van der Waals surface area contributed by atoms with Gasteiger partial charge in [-0.25, -0.2) is 0 Å². The molecular weight excluding hydrogens is 276 g/mol. The van der Waals surface area contributed by atoms with Gasteiger partial charge >= 0.3 is 0 Å². The van der Waals surface area contributed by atoms with Gasteiger partial charge in [0.25, 0.3) is 0 Å². The van der Waals surface area contributed by atoms with E-state index in [1.807, 2.05) is 6.07 Å². The Labute approximate surface area is 132 Å². The summed E-state index contributed by atoms with van der Waals surface area (Å²) >= 11 is 0. The summed E-state index contributed by atoms with van der Waals surface area (Å²) in [6.45, 7) is 6.16. The second kappa shape index (κ2) is 6.47. The Hall–Kier alpha value is -1.26. The van der Waals surface area contributed by atoms with Gasteiger partial charge in [-0.3, -0.25) is 4.90 Å². The first kappa shape index (κ1) is 14.3. The molecule has 0 radical (unpaired) electrons. The summed E-state index contributed by atoms with van der Waals surface area (Å²) in [6.07, 6.45) is 5.16. The van der Waals surface area contributed by atoms with Crippen molar-refractivity contribution in [2.75, 3.05) is 39.4 Å². The summed E-state index contributed by atoms with van der Waals surface area (Å²) in [6, 6.07) is 6.89. The van der Waals surface area contributed by atoms with Crippen molar-refractivity contribution in [2.45, 2.75) is 31.7 Å². The van der Waals surface area contributed by atoms with Crippen molar-refractivity contribution in [3.05, 3.63) is 23.8 Å². The van der Waals surface area contributed by atoms with E-state index in [0.717, 1.165) is 17.4 Å². The molecule has 0 spiro atoms. The minimum atomic E-state index is 0.506. The second-order valence-corrected chi connectivity index (χ2v) is 6.72. The number of hydrogen-bond donors (Lipinski definition) is 1. The van der Waals surface area contributed by atoms with Gasteiger partial charge in [0, 0.05) is 18.2 Å². The Kier molecular flexibility index (Phi) is 4.22. The first-order valence-electron chi connectivity index (χ1n) is 8.75. The number of benzene rings is 1. The Bertz CT molecular complexity index is 514. The molecule has 0 bridgehead atoms. The largest absolute Gasteiger partial charge is 0.486 e. The molecule has 2 fully saturated rings. The van der Waals surface area contributed by atoms with Gasteiger partial charge < -0.3 is 14.8 Å². The SMILES string of the molecule is c1cc2c(c(C3CCCN3CC3CCNCC3)c1)OCCO2. The van der Waals surface area contributed by atoms with E-state index in [1.54, 1.807) is 0 Å². The highest BCUT2D eigenvalue weighted by atomic mass is 16.6. The smallest absolute Gasteiger partial charge is 0.166 e. The second-order valence-electron chi connectivity index (χ2n) is 6.72. The number of piperidine rings is 1. The van der Waals surface area contributed by atoms with E-state index in [2.05, 4.69) is 22.3 Å². The molecule has 0 aromatic heterocycles. The minimum Gasteiger partial charge on any atom is -0.486 e. The average Bonchev–Trinajstić information content (AvgIpc) is 3.03. The van der Waals surface area contributed by atoms with Crippen molar-refractivity contribution >= 4 is 0 Å². The van der Waals surface area contributed by atoms with Crippen molar-refractivity contribution in [1.82, 2.24) is 10.2 Å². The fraction of sp³-hybridized carbons (Fsp3) is 0.667. The number of ether oxygens (including phenoxy) is 2. The quantitative estimate of drug-likeness (QED) is 0.930. The lowest BCUT2D eigenvalue weighted by molar-refractivity contribution is 0.158. The van der Waals surface area contributed by atoms with Gasteiger partial charge in [-0.05, 0) is 57.3 Å². The predicted octanol–water partition coefficient (Wildman–Crippen LogP) is 2.59. The zero-order valence-corrected chi connectivity index (χ0v) is 13.2. The highest BCUT2D eigenvalue weighted by molar-refractivity contribution is 5.49. The molecule has 0 saturated carbocycles. The van der Waals surface area contributed by atoms with E-state index in [1.165, 1.54) is 57.4 Å².